The van der Waals surface area contributed by atoms with Crippen molar-refractivity contribution < 1.29 is 14.7 Å². The molecule has 19 heavy (non-hydrogen) atoms. The predicted octanol–water partition coefficient (Wildman–Crippen LogP) is 2.59. The van der Waals surface area contributed by atoms with Gasteiger partial charge < -0.3 is 10.0 Å². The SMILES string of the molecule is CC(=O)N(C)C(C)(C(=O)O)c1ccc(C(C)C)cc1. The summed E-state index contributed by atoms with van der Waals surface area (Å²) in [5.74, 6) is -0.934. The van der Waals surface area contributed by atoms with Crippen LogP contribution in [0, 0.1) is 0 Å². The van der Waals surface area contributed by atoms with Crippen LogP contribution in [0.2, 0.25) is 0 Å². The Kier molecular flexibility index (Phi) is 4.35. The first-order valence-corrected chi connectivity index (χ1v) is 6.29. The van der Waals surface area contributed by atoms with Gasteiger partial charge in [0.2, 0.25) is 5.91 Å². The van der Waals surface area contributed by atoms with Crippen molar-refractivity contribution in [3.63, 3.8) is 0 Å². The fourth-order valence-corrected chi connectivity index (χ4v) is 1.97. The smallest absolute Gasteiger partial charge is 0.334 e. The number of carbonyl (C=O) groups is 2. The van der Waals surface area contributed by atoms with Gasteiger partial charge in [0, 0.05) is 14.0 Å². The summed E-state index contributed by atoms with van der Waals surface area (Å²) in [6.07, 6.45) is 0. The number of rotatable bonds is 4. The molecule has 4 heteroatoms. The summed E-state index contributed by atoms with van der Waals surface area (Å²) in [5.41, 5.74) is 0.394. The maximum Gasteiger partial charge on any atom is 0.334 e. The van der Waals surface area contributed by atoms with E-state index in [0.29, 0.717) is 11.5 Å². The lowest BCUT2D eigenvalue weighted by atomic mass is 9.88. The van der Waals surface area contributed by atoms with Crippen LogP contribution in [0.15, 0.2) is 24.3 Å². The van der Waals surface area contributed by atoms with Crippen molar-refractivity contribution in [2.45, 2.75) is 39.2 Å². The van der Waals surface area contributed by atoms with E-state index in [1.807, 2.05) is 12.1 Å². The van der Waals surface area contributed by atoms with Crippen LogP contribution in [-0.2, 0) is 15.1 Å². The predicted molar refractivity (Wildman–Crippen MR) is 74.0 cm³/mol. The van der Waals surface area contributed by atoms with Gasteiger partial charge in [0.1, 0.15) is 0 Å². The van der Waals surface area contributed by atoms with E-state index in [4.69, 9.17) is 0 Å². The van der Waals surface area contributed by atoms with E-state index < -0.39 is 11.5 Å². The maximum absolute atomic E-state index is 11.6. The van der Waals surface area contributed by atoms with Crippen LogP contribution in [0.25, 0.3) is 0 Å². The lowest BCUT2D eigenvalue weighted by Gasteiger charge is -2.35. The Hall–Kier alpha value is -1.84. The minimum atomic E-state index is -1.35. The van der Waals surface area contributed by atoms with Gasteiger partial charge in [-0.15, -0.1) is 0 Å². The molecule has 4 nitrogen and oxygen atoms in total. The summed E-state index contributed by atoms with van der Waals surface area (Å²) in [6, 6.07) is 7.39. The van der Waals surface area contributed by atoms with Crippen molar-refractivity contribution in [3.8, 4) is 0 Å². The van der Waals surface area contributed by atoms with Crippen molar-refractivity contribution in [1.29, 1.82) is 0 Å². The van der Waals surface area contributed by atoms with E-state index in [9.17, 15) is 14.7 Å². The summed E-state index contributed by atoms with van der Waals surface area (Å²) in [7, 11) is 1.51. The van der Waals surface area contributed by atoms with Gasteiger partial charge in [-0.25, -0.2) is 4.79 Å². The van der Waals surface area contributed by atoms with Crippen LogP contribution >= 0.6 is 0 Å². The van der Waals surface area contributed by atoms with Crippen LogP contribution in [0.3, 0.4) is 0 Å². The lowest BCUT2D eigenvalue weighted by molar-refractivity contribution is -0.156. The van der Waals surface area contributed by atoms with Crippen molar-refractivity contribution in [3.05, 3.63) is 35.4 Å². The molecule has 104 valence electrons. The highest BCUT2D eigenvalue weighted by Crippen LogP contribution is 2.29. The molecule has 1 N–H and O–H groups in total. The number of nitrogens with zero attached hydrogens (tertiary/aromatic N) is 1. The zero-order chi connectivity index (χ0) is 14.8. The first kappa shape index (κ1) is 15.2. The van der Waals surface area contributed by atoms with E-state index in [0.717, 1.165) is 5.56 Å². The Balaban J connectivity index is 3.27. The average Bonchev–Trinajstić information content (AvgIpc) is 2.36. The normalized spacial score (nSPS) is 14.0. The molecule has 0 spiro atoms. The monoisotopic (exact) mass is 263 g/mol. The molecule has 1 aromatic rings. The van der Waals surface area contributed by atoms with E-state index in [-0.39, 0.29) is 5.91 Å². The molecule has 0 radical (unpaired) electrons. The quantitative estimate of drug-likeness (QED) is 0.908. The lowest BCUT2D eigenvalue weighted by Crippen LogP contribution is -2.49. The molecular weight excluding hydrogens is 242 g/mol. The molecule has 0 saturated carbocycles. The Bertz CT molecular complexity index is 479. The minimum Gasteiger partial charge on any atom is -0.479 e. The molecule has 0 aliphatic carbocycles. The fraction of sp³-hybridized carbons (Fsp3) is 0.467. The Labute approximate surface area is 114 Å². The number of hydrogen-bond donors (Lipinski definition) is 1. The van der Waals surface area contributed by atoms with E-state index >= 15 is 0 Å². The molecule has 0 bridgehead atoms. The Morgan fingerprint density at radius 1 is 1.21 bits per heavy atom. The molecule has 1 rings (SSSR count). The molecule has 0 heterocycles. The number of amides is 1. The van der Waals surface area contributed by atoms with Gasteiger partial charge >= 0.3 is 5.97 Å². The van der Waals surface area contributed by atoms with E-state index in [2.05, 4.69) is 13.8 Å². The molecule has 0 aliphatic rings. The first-order chi connectivity index (χ1) is 8.71. The van der Waals surface area contributed by atoms with Crippen LogP contribution in [0.1, 0.15) is 44.7 Å². The molecule has 0 fully saturated rings. The molecule has 0 saturated heterocycles. The third-order valence-electron chi connectivity index (χ3n) is 3.70. The van der Waals surface area contributed by atoms with Crippen molar-refractivity contribution in [1.82, 2.24) is 4.90 Å². The third kappa shape index (κ3) is 2.78. The summed E-state index contributed by atoms with van der Waals surface area (Å²) >= 11 is 0. The second kappa shape index (κ2) is 5.43. The van der Waals surface area contributed by atoms with Gasteiger partial charge in [0.05, 0.1) is 0 Å². The molecule has 0 aromatic heterocycles. The molecule has 1 unspecified atom stereocenters. The Morgan fingerprint density at radius 3 is 2.00 bits per heavy atom. The number of likely N-dealkylation sites (N-methyl/N-ethyl adjacent to an activating group) is 1. The van der Waals surface area contributed by atoms with Gasteiger partial charge in [0.25, 0.3) is 0 Å². The van der Waals surface area contributed by atoms with Crippen LogP contribution < -0.4 is 0 Å². The highest BCUT2D eigenvalue weighted by molar-refractivity contribution is 5.86. The largest absolute Gasteiger partial charge is 0.479 e. The number of hydrogen-bond acceptors (Lipinski definition) is 2. The molecule has 1 aromatic carbocycles. The summed E-state index contributed by atoms with van der Waals surface area (Å²) in [4.78, 5) is 24.3. The second-order valence-corrected chi connectivity index (χ2v) is 5.23. The van der Waals surface area contributed by atoms with Crippen molar-refractivity contribution >= 4 is 11.9 Å². The maximum atomic E-state index is 11.6. The number of carbonyl (C=O) groups excluding carboxylic acids is 1. The van der Waals surface area contributed by atoms with Gasteiger partial charge in [-0.1, -0.05) is 38.1 Å². The standard InChI is InChI=1S/C15H21NO3/c1-10(2)12-6-8-13(9-7-12)15(4,14(18)19)16(5)11(3)17/h6-10H,1-5H3,(H,18,19). The zero-order valence-electron chi connectivity index (χ0n) is 12.1. The van der Waals surface area contributed by atoms with Crippen LogP contribution in [-0.4, -0.2) is 28.9 Å². The number of carboxylic acids is 1. The van der Waals surface area contributed by atoms with Crippen molar-refractivity contribution in [2.24, 2.45) is 0 Å². The van der Waals surface area contributed by atoms with Crippen molar-refractivity contribution in [2.75, 3.05) is 7.05 Å². The highest BCUT2D eigenvalue weighted by atomic mass is 16.4. The third-order valence-corrected chi connectivity index (χ3v) is 3.70. The minimum absolute atomic E-state index is 0.280. The number of benzene rings is 1. The number of carboxylic acid groups (broad SMARTS) is 1. The molecule has 1 amide bonds. The average molecular weight is 263 g/mol. The fourth-order valence-electron chi connectivity index (χ4n) is 1.97. The van der Waals surface area contributed by atoms with Gasteiger partial charge in [-0.3, -0.25) is 4.79 Å². The van der Waals surface area contributed by atoms with Gasteiger partial charge in [-0.2, -0.15) is 0 Å². The summed E-state index contributed by atoms with van der Waals surface area (Å²) in [5, 5.41) is 9.49. The molecular formula is C15H21NO3. The number of aliphatic carboxylic acids is 1. The van der Waals surface area contributed by atoms with Crippen LogP contribution in [0.5, 0.6) is 0 Å². The zero-order valence-corrected chi connectivity index (χ0v) is 12.1. The van der Waals surface area contributed by atoms with Gasteiger partial charge in [0.15, 0.2) is 5.54 Å². The second-order valence-electron chi connectivity index (χ2n) is 5.23. The highest BCUT2D eigenvalue weighted by Gasteiger charge is 2.40. The summed E-state index contributed by atoms with van der Waals surface area (Å²) < 4.78 is 0. The van der Waals surface area contributed by atoms with E-state index in [1.54, 1.807) is 19.1 Å². The molecule has 1 atom stereocenters. The van der Waals surface area contributed by atoms with E-state index in [1.165, 1.54) is 18.9 Å². The van der Waals surface area contributed by atoms with Gasteiger partial charge in [-0.05, 0) is 24.0 Å². The molecule has 0 aliphatic heterocycles. The van der Waals surface area contributed by atoms with Crippen LogP contribution in [0.4, 0.5) is 0 Å². The first-order valence-electron chi connectivity index (χ1n) is 6.29. The Morgan fingerprint density at radius 2 is 1.68 bits per heavy atom. The topological polar surface area (TPSA) is 57.6 Å². The summed E-state index contributed by atoms with van der Waals surface area (Å²) in [6.45, 7) is 7.06.